The van der Waals surface area contributed by atoms with E-state index in [9.17, 15) is 0 Å². The molecule has 1 N–H and O–H groups in total. The lowest BCUT2D eigenvalue weighted by atomic mass is 9.91. The van der Waals surface area contributed by atoms with E-state index in [0.717, 1.165) is 17.7 Å². The van der Waals surface area contributed by atoms with Crippen LogP contribution in [-0.4, -0.2) is 33.4 Å². The summed E-state index contributed by atoms with van der Waals surface area (Å²) in [6, 6.07) is 0. The number of hydrogen-bond donors (Lipinski definition) is 1. The van der Waals surface area contributed by atoms with Gasteiger partial charge in [0.1, 0.15) is 5.52 Å². The number of nitrogens with zero attached hydrogens (tertiary/aromatic N) is 3. The summed E-state index contributed by atoms with van der Waals surface area (Å²) in [5.41, 5.74) is 5.22. The van der Waals surface area contributed by atoms with Crippen molar-refractivity contribution in [1.82, 2.24) is 19.9 Å². The largest absolute Gasteiger partial charge is 0.340 e. The van der Waals surface area contributed by atoms with E-state index in [-0.39, 0.29) is 0 Å². The van der Waals surface area contributed by atoms with Gasteiger partial charge < -0.3 is 4.98 Å². The number of aromatic nitrogens is 3. The van der Waals surface area contributed by atoms with Crippen molar-refractivity contribution in [3.8, 4) is 0 Å². The van der Waals surface area contributed by atoms with Crippen LogP contribution >= 0.6 is 0 Å². The Balaban J connectivity index is 2.05. The quantitative estimate of drug-likeness (QED) is 0.721. The van der Waals surface area contributed by atoms with Crippen molar-refractivity contribution < 1.29 is 0 Å². The zero-order valence-corrected chi connectivity index (χ0v) is 9.32. The standard InChI is InChI=1S/C12H14N4/c1-16-6-8-9(12(7-16)2-3-12)10-11(15-8)14-5-4-13-10/h4-5H,2-3,6-7H2,1H3,(H,14,15). The Kier molecular flexibility index (Phi) is 1.43. The fraction of sp³-hybridized carbons (Fsp3) is 0.500. The monoisotopic (exact) mass is 214 g/mol. The zero-order valence-electron chi connectivity index (χ0n) is 9.32. The highest BCUT2D eigenvalue weighted by Gasteiger charge is 2.50. The number of nitrogens with one attached hydrogen (secondary N) is 1. The highest BCUT2D eigenvalue weighted by atomic mass is 15.1. The van der Waals surface area contributed by atoms with Crippen LogP contribution in [0.5, 0.6) is 0 Å². The Labute approximate surface area is 93.7 Å². The van der Waals surface area contributed by atoms with E-state index < -0.39 is 0 Å². The summed E-state index contributed by atoms with van der Waals surface area (Å²) in [4.78, 5) is 14.7. The second-order valence-corrected chi connectivity index (χ2v) is 5.18. The van der Waals surface area contributed by atoms with Gasteiger partial charge in [0.25, 0.3) is 0 Å². The molecule has 4 heteroatoms. The summed E-state index contributed by atoms with van der Waals surface area (Å²) in [6.07, 6.45) is 6.15. The smallest absolute Gasteiger partial charge is 0.156 e. The minimum atomic E-state index is 0.386. The number of likely N-dealkylation sites (N-methyl/N-ethyl adjacent to an activating group) is 1. The van der Waals surface area contributed by atoms with Crippen molar-refractivity contribution >= 4 is 11.2 Å². The first-order valence-corrected chi connectivity index (χ1v) is 5.79. The lowest BCUT2D eigenvalue weighted by Crippen LogP contribution is -2.34. The third-order valence-electron chi connectivity index (χ3n) is 3.89. The summed E-state index contributed by atoms with van der Waals surface area (Å²) >= 11 is 0. The zero-order chi connectivity index (χ0) is 10.8. The van der Waals surface area contributed by atoms with Crippen molar-refractivity contribution in [2.45, 2.75) is 24.8 Å². The first-order chi connectivity index (χ1) is 7.78. The van der Waals surface area contributed by atoms with Crippen LogP contribution in [0.15, 0.2) is 12.4 Å². The van der Waals surface area contributed by atoms with Gasteiger partial charge in [0.05, 0.1) is 0 Å². The third kappa shape index (κ3) is 0.976. The first kappa shape index (κ1) is 8.70. The molecule has 3 heterocycles. The molecular formula is C12H14N4. The van der Waals surface area contributed by atoms with Crippen molar-refractivity contribution in [1.29, 1.82) is 0 Å². The van der Waals surface area contributed by atoms with E-state index in [1.165, 1.54) is 30.6 Å². The van der Waals surface area contributed by atoms with E-state index in [4.69, 9.17) is 0 Å². The molecule has 0 atom stereocenters. The summed E-state index contributed by atoms with van der Waals surface area (Å²) in [7, 11) is 2.19. The minimum Gasteiger partial charge on any atom is -0.340 e. The number of fused-ring (bicyclic) bond motifs is 4. The predicted molar refractivity (Wildman–Crippen MR) is 61.1 cm³/mol. The van der Waals surface area contributed by atoms with Crippen molar-refractivity contribution in [3.63, 3.8) is 0 Å². The Morgan fingerprint density at radius 1 is 1.31 bits per heavy atom. The van der Waals surface area contributed by atoms with Gasteiger partial charge in [-0.25, -0.2) is 4.98 Å². The number of H-pyrrole nitrogens is 1. The average molecular weight is 214 g/mol. The minimum absolute atomic E-state index is 0.386. The van der Waals surface area contributed by atoms with Gasteiger partial charge in [-0.3, -0.25) is 9.88 Å². The van der Waals surface area contributed by atoms with Crippen LogP contribution in [0, 0.1) is 0 Å². The van der Waals surface area contributed by atoms with Gasteiger partial charge in [-0.2, -0.15) is 0 Å². The lowest BCUT2D eigenvalue weighted by molar-refractivity contribution is 0.269. The molecule has 1 spiro atoms. The molecule has 4 nitrogen and oxygen atoms in total. The molecule has 1 aliphatic heterocycles. The fourth-order valence-corrected chi connectivity index (χ4v) is 3.13. The number of rotatable bonds is 0. The molecule has 0 aromatic carbocycles. The molecule has 82 valence electrons. The first-order valence-electron chi connectivity index (χ1n) is 5.79. The normalized spacial score (nSPS) is 22.6. The van der Waals surface area contributed by atoms with Gasteiger partial charge >= 0.3 is 0 Å². The molecule has 0 amide bonds. The molecule has 16 heavy (non-hydrogen) atoms. The number of hydrogen-bond acceptors (Lipinski definition) is 3. The van der Waals surface area contributed by atoms with E-state index in [0.29, 0.717) is 5.41 Å². The predicted octanol–water partition coefficient (Wildman–Crippen LogP) is 1.43. The lowest BCUT2D eigenvalue weighted by Gasteiger charge is -2.29. The van der Waals surface area contributed by atoms with Crippen LogP contribution in [0.3, 0.4) is 0 Å². The molecule has 0 bridgehead atoms. The molecule has 2 aliphatic rings. The van der Waals surface area contributed by atoms with Gasteiger partial charge in [-0.15, -0.1) is 0 Å². The van der Waals surface area contributed by atoms with E-state index in [2.05, 4.69) is 26.9 Å². The van der Waals surface area contributed by atoms with E-state index >= 15 is 0 Å². The summed E-state index contributed by atoms with van der Waals surface area (Å²) in [6.45, 7) is 2.17. The van der Waals surface area contributed by atoms with Crippen LogP contribution in [0.1, 0.15) is 24.1 Å². The van der Waals surface area contributed by atoms with E-state index in [1.807, 2.05) is 0 Å². The molecule has 2 aromatic rings. The summed E-state index contributed by atoms with van der Waals surface area (Å²) < 4.78 is 0. The molecule has 4 rings (SSSR count). The second kappa shape index (κ2) is 2.63. The van der Waals surface area contributed by atoms with Crippen molar-refractivity contribution in [2.24, 2.45) is 0 Å². The maximum atomic E-state index is 4.50. The Morgan fingerprint density at radius 2 is 2.12 bits per heavy atom. The molecule has 0 saturated heterocycles. The van der Waals surface area contributed by atoms with Gasteiger partial charge in [0.15, 0.2) is 5.65 Å². The van der Waals surface area contributed by atoms with Crippen molar-refractivity contribution in [2.75, 3.05) is 13.6 Å². The van der Waals surface area contributed by atoms with Crippen LogP contribution in [0.2, 0.25) is 0 Å². The molecule has 0 radical (unpaired) electrons. The summed E-state index contributed by atoms with van der Waals surface area (Å²) in [5.74, 6) is 0. The van der Waals surface area contributed by atoms with Crippen LogP contribution in [0.25, 0.3) is 11.2 Å². The fourth-order valence-electron chi connectivity index (χ4n) is 3.13. The average Bonchev–Trinajstić information content (AvgIpc) is 2.91. The van der Waals surface area contributed by atoms with Gasteiger partial charge in [0, 0.05) is 42.2 Å². The maximum Gasteiger partial charge on any atom is 0.156 e. The van der Waals surface area contributed by atoms with E-state index in [1.54, 1.807) is 12.4 Å². The molecule has 1 fully saturated rings. The Morgan fingerprint density at radius 3 is 2.94 bits per heavy atom. The topological polar surface area (TPSA) is 44.8 Å². The van der Waals surface area contributed by atoms with Gasteiger partial charge in [0.2, 0.25) is 0 Å². The van der Waals surface area contributed by atoms with Gasteiger partial charge in [-0.05, 0) is 19.9 Å². The Hall–Kier alpha value is -1.42. The van der Waals surface area contributed by atoms with Crippen LogP contribution in [0.4, 0.5) is 0 Å². The summed E-state index contributed by atoms with van der Waals surface area (Å²) in [5, 5.41) is 0. The molecule has 1 aliphatic carbocycles. The third-order valence-corrected chi connectivity index (χ3v) is 3.89. The Bertz CT molecular complexity index is 567. The molecular weight excluding hydrogens is 200 g/mol. The highest BCUT2D eigenvalue weighted by Crippen LogP contribution is 2.53. The van der Waals surface area contributed by atoms with Gasteiger partial charge in [-0.1, -0.05) is 0 Å². The number of aromatic amines is 1. The van der Waals surface area contributed by atoms with Crippen molar-refractivity contribution in [3.05, 3.63) is 23.7 Å². The SMILES string of the molecule is CN1Cc2[nH]c3nccnc3c2C2(CC2)C1. The second-order valence-electron chi connectivity index (χ2n) is 5.18. The molecule has 2 aromatic heterocycles. The molecule has 1 saturated carbocycles. The van der Waals surface area contributed by atoms with Crippen LogP contribution < -0.4 is 0 Å². The van der Waals surface area contributed by atoms with Crippen LogP contribution in [-0.2, 0) is 12.0 Å². The highest BCUT2D eigenvalue weighted by molar-refractivity contribution is 5.79. The molecule has 0 unspecified atom stereocenters. The maximum absolute atomic E-state index is 4.50.